The maximum absolute atomic E-state index is 12.1. The van der Waals surface area contributed by atoms with Gasteiger partial charge in [-0.3, -0.25) is 9.69 Å². The van der Waals surface area contributed by atoms with E-state index in [0.717, 1.165) is 30.4 Å². The molecule has 2 aliphatic heterocycles. The maximum Gasteiger partial charge on any atom is 0.317 e. The van der Waals surface area contributed by atoms with Gasteiger partial charge in [-0.1, -0.05) is 0 Å². The Morgan fingerprint density at radius 1 is 1.59 bits per heavy atom. The molecule has 2 saturated heterocycles. The van der Waals surface area contributed by atoms with E-state index in [4.69, 9.17) is 9.47 Å². The van der Waals surface area contributed by atoms with E-state index in [1.165, 1.54) is 12.8 Å². The maximum atomic E-state index is 12.1. The number of fused-ring (bicyclic) bond motifs is 1. The lowest BCUT2D eigenvalue weighted by Gasteiger charge is -2.34. The average Bonchev–Trinajstić information content (AvgIpc) is 3.16. The van der Waals surface area contributed by atoms with Gasteiger partial charge in [-0.05, 0) is 40.2 Å². The molecule has 0 aliphatic carbocycles. The number of carbonyl (C=O) groups is 1. The third kappa shape index (κ3) is 2.92. The van der Waals surface area contributed by atoms with Crippen molar-refractivity contribution < 1.29 is 14.3 Å². The molecule has 0 aromatic carbocycles. The van der Waals surface area contributed by atoms with Crippen molar-refractivity contribution in [2.24, 2.45) is 0 Å². The summed E-state index contributed by atoms with van der Waals surface area (Å²) in [6.45, 7) is 8.81. The van der Waals surface area contributed by atoms with Crippen LogP contribution in [0.25, 0.3) is 0 Å². The molecule has 0 N–H and O–H groups in total. The number of rotatable bonds is 4. The van der Waals surface area contributed by atoms with Crippen LogP contribution in [0.1, 0.15) is 50.4 Å². The predicted octanol–water partition coefficient (Wildman–Crippen LogP) is 2.52. The van der Waals surface area contributed by atoms with Crippen molar-refractivity contribution in [3.05, 3.63) is 16.1 Å². The van der Waals surface area contributed by atoms with Gasteiger partial charge in [0.25, 0.3) is 0 Å². The van der Waals surface area contributed by atoms with Gasteiger partial charge >= 0.3 is 5.97 Å². The van der Waals surface area contributed by atoms with E-state index in [1.807, 2.05) is 26.2 Å². The highest BCUT2D eigenvalue weighted by Gasteiger charge is 2.37. The second-order valence-electron chi connectivity index (χ2n) is 6.53. The van der Waals surface area contributed by atoms with Gasteiger partial charge in [0.05, 0.1) is 18.9 Å². The lowest BCUT2D eigenvalue weighted by molar-refractivity contribution is -0.148. The molecule has 3 rings (SSSR count). The molecule has 3 heterocycles. The van der Waals surface area contributed by atoms with Gasteiger partial charge in [0.2, 0.25) is 0 Å². The highest BCUT2D eigenvalue weighted by molar-refractivity contribution is 7.09. The summed E-state index contributed by atoms with van der Waals surface area (Å²) in [5.41, 5.74) is 0.0633. The molecule has 1 aromatic rings. The van der Waals surface area contributed by atoms with Crippen LogP contribution in [0.3, 0.4) is 0 Å². The summed E-state index contributed by atoms with van der Waals surface area (Å²) in [6, 6.07) is 0.589. The summed E-state index contributed by atoms with van der Waals surface area (Å²) in [6.07, 6.45) is 2.54. The van der Waals surface area contributed by atoms with Crippen LogP contribution in [0.15, 0.2) is 5.38 Å². The number of hydrogen-bond donors (Lipinski definition) is 0. The second-order valence-corrected chi connectivity index (χ2v) is 7.42. The van der Waals surface area contributed by atoms with Gasteiger partial charge in [-0.25, -0.2) is 4.98 Å². The zero-order valence-corrected chi connectivity index (χ0v) is 14.3. The largest absolute Gasteiger partial charge is 0.465 e. The van der Waals surface area contributed by atoms with Crippen LogP contribution in [-0.4, -0.2) is 48.2 Å². The SMILES string of the molecule is CCOC(=O)C(C)(C)c1csc([C@H]2CN3CCC[C@H]3CO2)n1. The van der Waals surface area contributed by atoms with E-state index in [1.54, 1.807) is 11.3 Å². The number of morpholine rings is 1. The van der Waals surface area contributed by atoms with Crippen LogP contribution in [0, 0.1) is 0 Å². The van der Waals surface area contributed by atoms with Crippen LogP contribution in [0.2, 0.25) is 0 Å². The molecule has 2 atom stereocenters. The molecule has 2 aliphatic rings. The number of nitrogens with zero attached hydrogens (tertiary/aromatic N) is 2. The fraction of sp³-hybridized carbons (Fsp3) is 0.750. The van der Waals surface area contributed by atoms with Gasteiger partial charge in [0.15, 0.2) is 0 Å². The monoisotopic (exact) mass is 324 g/mol. The van der Waals surface area contributed by atoms with Crippen molar-refractivity contribution in [3.63, 3.8) is 0 Å². The Hall–Kier alpha value is -0.980. The van der Waals surface area contributed by atoms with Crippen molar-refractivity contribution in [2.75, 3.05) is 26.3 Å². The van der Waals surface area contributed by atoms with E-state index in [-0.39, 0.29) is 12.1 Å². The molecule has 0 radical (unpaired) electrons. The lowest BCUT2D eigenvalue weighted by atomic mass is 9.90. The summed E-state index contributed by atoms with van der Waals surface area (Å²) in [5, 5.41) is 2.93. The minimum absolute atomic E-state index is 0.0334. The minimum Gasteiger partial charge on any atom is -0.465 e. The summed E-state index contributed by atoms with van der Waals surface area (Å²) >= 11 is 1.58. The molecule has 122 valence electrons. The van der Waals surface area contributed by atoms with Gasteiger partial charge in [-0.15, -0.1) is 11.3 Å². The number of carbonyl (C=O) groups excluding carboxylic acids is 1. The molecular formula is C16H24N2O3S. The van der Waals surface area contributed by atoms with Gasteiger partial charge in [-0.2, -0.15) is 0 Å². The molecule has 0 amide bonds. The van der Waals surface area contributed by atoms with E-state index in [9.17, 15) is 4.79 Å². The molecule has 2 fully saturated rings. The Morgan fingerprint density at radius 3 is 3.18 bits per heavy atom. The van der Waals surface area contributed by atoms with Crippen molar-refractivity contribution in [3.8, 4) is 0 Å². The average molecular weight is 324 g/mol. The predicted molar refractivity (Wildman–Crippen MR) is 85.1 cm³/mol. The normalized spacial score (nSPS) is 26.0. The number of esters is 1. The highest BCUT2D eigenvalue weighted by Crippen LogP contribution is 2.34. The van der Waals surface area contributed by atoms with Gasteiger partial charge < -0.3 is 9.47 Å². The first-order valence-corrected chi connectivity index (χ1v) is 8.89. The summed E-state index contributed by atoms with van der Waals surface area (Å²) in [4.78, 5) is 19.3. The molecule has 22 heavy (non-hydrogen) atoms. The number of aromatic nitrogens is 1. The zero-order valence-electron chi connectivity index (χ0n) is 13.5. The molecule has 0 spiro atoms. The fourth-order valence-electron chi connectivity index (χ4n) is 3.11. The first kappa shape index (κ1) is 15.9. The van der Waals surface area contributed by atoms with E-state index in [2.05, 4.69) is 9.88 Å². The Balaban J connectivity index is 1.72. The van der Waals surface area contributed by atoms with Crippen molar-refractivity contribution in [1.82, 2.24) is 9.88 Å². The zero-order chi connectivity index (χ0) is 15.7. The first-order valence-electron chi connectivity index (χ1n) is 8.01. The number of ether oxygens (including phenoxy) is 2. The summed E-state index contributed by atoms with van der Waals surface area (Å²) in [7, 11) is 0. The van der Waals surface area contributed by atoms with Crippen LogP contribution in [0.5, 0.6) is 0 Å². The Labute approximate surface area is 135 Å². The Bertz CT molecular complexity index is 543. The number of hydrogen-bond acceptors (Lipinski definition) is 6. The number of thiazole rings is 1. The van der Waals surface area contributed by atoms with Gasteiger partial charge in [0.1, 0.15) is 16.5 Å². The van der Waals surface area contributed by atoms with Crippen molar-refractivity contribution in [1.29, 1.82) is 0 Å². The van der Waals surface area contributed by atoms with E-state index >= 15 is 0 Å². The van der Waals surface area contributed by atoms with Crippen LogP contribution >= 0.6 is 11.3 Å². The molecule has 0 bridgehead atoms. The molecule has 0 saturated carbocycles. The van der Waals surface area contributed by atoms with Crippen molar-refractivity contribution in [2.45, 2.75) is 51.2 Å². The molecular weight excluding hydrogens is 300 g/mol. The van der Waals surface area contributed by atoms with E-state index < -0.39 is 5.41 Å². The third-order valence-corrected chi connectivity index (χ3v) is 5.55. The van der Waals surface area contributed by atoms with Crippen LogP contribution in [0.4, 0.5) is 0 Å². The smallest absolute Gasteiger partial charge is 0.317 e. The molecule has 1 aromatic heterocycles. The third-order valence-electron chi connectivity index (χ3n) is 4.61. The lowest BCUT2D eigenvalue weighted by Crippen LogP contribution is -2.42. The highest BCUT2D eigenvalue weighted by atomic mass is 32.1. The summed E-state index contributed by atoms with van der Waals surface area (Å²) in [5.74, 6) is -0.226. The van der Waals surface area contributed by atoms with Crippen molar-refractivity contribution >= 4 is 17.3 Å². The summed E-state index contributed by atoms with van der Waals surface area (Å²) < 4.78 is 11.2. The van der Waals surface area contributed by atoms with Crippen LogP contribution < -0.4 is 0 Å². The Kier molecular flexibility index (Phi) is 4.52. The quantitative estimate of drug-likeness (QED) is 0.797. The molecule has 0 unspecified atom stereocenters. The first-order chi connectivity index (χ1) is 10.5. The second kappa shape index (κ2) is 6.26. The van der Waals surface area contributed by atoms with Gasteiger partial charge in [0, 0.05) is 18.0 Å². The molecule has 5 nitrogen and oxygen atoms in total. The Morgan fingerprint density at radius 2 is 2.41 bits per heavy atom. The standard InChI is InChI=1S/C16H24N2O3S/c1-4-20-15(19)16(2,3)13-10-22-14(17-13)12-8-18-7-5-6-11(18)9-21-12/h10-12H,4-9H2,1-3H3/t11-,12+/m0/s1. The molecule has 6 heteroatoms. The van der Waals surface area contributed by atoms with Crippen LogP contribution in [-0.2, 0) is 19.7 Å². The fourth-order valence-corrected chi connectivity index (χ4v) is 4.13. The van der Waals surface area contributed by atoms with E-state index in [0.29, 0.717) is 12.6 Å². The minimum atomic E-state index is -0.713. The topological polar surface area (TPSA) is 51.7 Å².